The summed E-state index contributed by atoms with van der Waals surface area (Å²) in [6.07, 6.45) is 6.40. The van der Waals surface area contributed by atoms with Gasteiger partial charge in [-0.25, -0.2) is 0 Å². The van der Waals surface area contributed by atoms with Gasteiger partial charge in [0.2, 0.25) is 5.91 Å². The maximum absolute atomic E-state index is 12.6. The summed E-state index contributed by atoms with van der Waals surface area (Å²) < 4.78 is 5.51. The number of carbonyl (C=O) groups excluding carboxylic acids is 2. The number of hydrogen-bond acceptors (Lipinski definition) is 4. The van der Waals surface area contributed by atoms with Gasteiger partial charge in [0.25, 0.3) is 5.91 Å². The monoisotopic (exact) mass is 351 g/mol. The van der Waals surface area contributed by atoms with Crippen molar-refractivity contribution in [1.29, 1.82) is 0 Å². The number of nitrogens with one attached hydrogen (secondary N) is 1. The van der Waals surface area contributed by atoms with E-state index in [1.165, 1.54) is 19.3 Å². The van der Waals surface area contributed by atoms with E-state index in [0.717, 1.165) is 32.4 Å². The zero-order valence-electron chi connectivity index (χ0n) is 15.7. The molecule has 2 heterocycles. The molecule has 25 heavy (non-hydrogen) atoms. The van der Waals surface area contributed by atoms with Crippen molar-refractivity contribution in [2.45, 2.75) is 70.6 Å². The molecule has 1 aliphatic carbocycles. The number of hydrogen-bond donors (Lipinski definition) is 1. The molecular formula is C19H33N3O3. The van der Waals surface area contributed by atoms with Gasteiger partial charge in [-0.1, -0.05) is 19.8 Å². The topological polar surface area (TPSA) is 61.9 Å². The molecule has 0 aromatic rings. The van der Waals surface area contributed by atoms with E-state index in [0.29, 0.717) is 31.7 Å². The average molecular weight is 351 g/mol. The van der Waals surface area contributed by atoms with Crippen molar-refractivity contribution < 1.29 is 14.3 Å². The Balaban J connectivity index is 1.45. The lowest BCUT2D eigenvalue weighted by Crippen LogP contribution is -2.57. The maximum Gasteiger partial charge on any atom is 0.251 e. The van der Waals surface area contributed by atoms with Crippen LogP contribution in [0.1, 0.15) is 52.4 Å². The highest BCUT2D eigenvalue weighted by Crippen LogP contribution is 2.24. The van der Waals surface area contributed by atoms with Gasteiger partial charge in [-0.15, -0.1) is 0 Å². The molecule has 0 bridgehead atoms. The van der Waals surface area contributed by atoms with Crippen molar-refractivity contribution in [2.75, 3.05) is 32.8 Å². The first-order valence-corrected chi connectivity index (χ1v) is 10.0. The Morgan fingerprint density at radius 2 is 1.76 bits per heavy atom. The van der Waals surface area contributed by atoms with Crippen molar-refractivity contribution in [3.05, 3.63) is 0 Å². The minimum Gasteiger partial charge on any atom is -0.368 e. The van der Waals surface area contributed by atoms with Crippen molar-refractivity contribution in [2.24, 2.45) is 5.92 Å². The predicted molar refractivity (Wildman–Crippen MR) is 96.2 cm³/mol. The smallest absolute Gasteiger partial charge is 0.251 e. The van der Waals surface area contributed by atoms with Crippen LogP contribution >= 0.6 is 0 Å². The third kappa shape index (κ3) is 4.53. The van der Waals surface area contributed by atoms with Gasteiger partial charge < -0.3 is 15.0 Å². The Bertz CT molecular complexity index is 471. The van der Waals surface area contributed by atoms with Crippen LogP contribution < -0.4 is 5.32 Å². The lowest BCUT2D eigenvalue weighted by molar-refractivity contribution is -0.143. The van der Waals surface area contributed by atoms with E-state index in [9.17, 15) is 9.59 Å². The molecule has 3 aliphatic rings. The lowest BCUT2D eigenvalue weighted by atomic mass is 9.86. The van der Waals surface area contributed by atoms with Crippen LogP contribution in [0.15, 0.2) is 0 Å². The molecule has 0 aromatic carbocycles. The largest absolute Gasteiger partial charge is 0.368 e. The van der Waals surface area contributed by atoms with Crippen LogP contribution in [-0.4, -0.2) is 72.6 Å². The SMILES string of the molecule is CC1CCCCC1NC(=O)C(C)N1CCN(C(=O)C2CCCO2)CC1. The van der Waals surface area contributed by atoms with Crippen molar-refractivity contribution >= 4 is 11.8 Å². The molecule has 1 N–H and O–H groups in total. The summed E-state index contributed by atoms with van der Waals surface area (Å²) in [5.41, 5.74) is 0. The third-order valence-electron chi connectivity index (χ3n) is 6.20. The first-order chi connectivity index (χ1) is 12.1. The van der Waals surface area contributed by atoms with Gasteiger partial charge in [0.1, 0.15) is 6.10 Å². The summed E-state index contributed by atoms with van der Waals surface area (Å²) in [4.78, 5) is 29.1. The second-order valence-electron chi connectivity index (χ2n) is 7.92. The molecule has 2 saturated heterocycles. The Labute approximate surface area is 151 Å². The molecule has 142 valence electrons. The molecule has 4 unspecified atom stereocenters. The van der Waals surface area contributed by atoms with Gasteiger partial charge in [-0.3, -0.25) is 14.5 Å². The van der Waals surface area contributed by atoms with Crippen molar-refractivity contribution in [3.63, 3.8) is 0 Å². The molecule has 3 rings (SSSR count). The predicted octanol–water partition coefficient (Wildman–Crippen LogP) is 1.39. The highest BCUT2D eigenvalue weighted by atomic mass is 16.5. The van der Waals surface area contributed by atoms with Crippen LogP contribution in [0.2, 0.25) is 0 Å². The summed E-state index contributed by atoms with van der Waals surface area (Å²) in [6.45, 7) is 7.82. The molecule has 6 nitrogen and oxygen atoms in total. The Kier molecular flexibility index (Phi) is 6.34. The average Bonchev–Trinajstić information content (AvgIpc) is 3.17. The Morgan fingerprint density at radius 1 is 1.04 bits per heavy atom. The van der Waals surface area contributed by atoms with E-state index in [-0.39, 0.29) is 24.0 Å². The third-order valence-corrected chi connectivity index (χ3v) is 6.20. The van der Waals surface area contributed by atoms with Crippen LogP contribution in [0.25, 0.3) is 0 Å². The molecule has 0 radical (unpaired) electrons. The van der Waals surface area contributed by atoms with Crippen LogP contribution in [0, 0.1) is 5.92 Å². The zero-order chi connectivity index (χ0) is 17.8. The van der Waals surface area contributed by atoms with E-state index in [4.69, 9.17) is 4.74 Å². The fourth-order valence-corrected chi connectivity index (χ4v) is 4.31. The lowest BCUT2D eigenvalue weighted by Gasteiger charge is -2.39. The quantitative estimate of drug-likeness (QED) is 0.831. The van der Waals surface area contributed by atoms with Crippen molar-refractivity contribution in [3.8, 4) is 0 Å². The molecular weight excluding hydrogens is 318 g/mol. The maximum atomic E-state index is 12.6. The summed E-state index contributed by atoms with van der Waals surface area (Å²) in [5.74, 6) is 0.841. The number of nitrogens with zero attached hydrogens (tertiary/aromatic N) is 2. The van der Waals surface area contributed by atoms with E-state index < -0.39 is 0 Å². The number of ether oxygens (including phenoxy) is 1. The van der Waals surface area contributed by atoms with Crippen LogP contribution in [0.5, 0.6) is 0 Å². The van der Waals surface area contributed by atoms with Crippen LogP contribution in [0.3, 0.4) is 0 Å². The van der Waals surface area contributed by atoms with E-state index in [1.54, 1.807) is 0 Å². The molecule has 1 saturated carbocycles. The Morgan fingerprint density at radius 3 is 2.40 bits per heavy atom. The molecule has 2 aliphatic heterocycles. The fraction of sp³-hybridized carbons (Fsp3) is 0.895. The first-order valence-electron chi connectivity index (χ1n) is 10.0. The highest BCUT2D eigenvalue weighted by Gasteiger charge is 2.33. The van der Waals surface area contributed by atoms with E-state index in [1.807, 2.05) is 11.8 Å². The van der Waals surface area contributed by atoms with Gasteiger partial charge in [-0.2, -0.15) is 0 Å². The summed E-state index contributed by atoms with van der Waals surface area (Å²) in [5, 5.41) is 3.26. The van der Waals surface area contributed by atoms with Crippen LogP contribution in [0.4, 0.5) is 0 Å². The number of amides is 2. The van der Waals surface area contributed by atoms with Gasteiger partial charge in [0.15, 0.2) is 0 Å². The van der Waals surface area contributed by atoms with E-state index in [2.05, 4.69) is 17.1 Å². The molecule has 0 spiro atoms. The Hall–Kier alpha value is -1.14. The van der Waals surface area contributed by atoms with Gasteiger partial charge >= 0.3 is 0 Å². The molecule has 4 atom stereocenters. The standard InChI is InChI=1S/C19H33N3O3/c1-14-6-3-4-7-16(14)20-18(23)15(2)21-9-11-22(12-10-21)19(24)17-8-5-13-25-17/h14-17H,3-13H2,1-2H3,(H,20,23). The summed E-state index contributed by atoms with van der Waals surface area (Å²) >= 11 is 0. The zero-order valence-corrected chi connectivity index (χ0v) is 15.7. The number of piperazine rings is 1. The highest BCUT2D eigenvalue weighted by molar-refractivity contribution is 5.82. The van der Waals surface area contributed by atoms with Gasteiger partial charge in [-0.05, 0) is 38.5 Å². The molecule has 3 fully saturated rings. The molecule has 0 aromatic heterocycles. The molecule has 6 heteroatoms. The fourth-order valence-electron chi connectivity index (χ4n) is 4.31. The van der Waals surface area contributed by atoms with Gasteiger partial charge in [0, 0.05) is 38.8 Å². The molecule has 2 amide bonds. The van der Waals surface area contributed by atoms with Crippen LogP contribution in [-0.2, 0) is 14.3 Å². The number of carbonyl (C=O) groups is 2. The first kappa shape index (κ1) is 18.6. The summed E-state index contributed by atoms with van der Waals surface area (Å²) in [6, 6.07) is 0.195. The van der Waals surface area contributed by atoms with E-state index >= 15 is 0 Å². The number of rotatable bonds is 4. The second kappa shape index (κ2) is 8.49. The minimum atomic E-state index is -0.236. The summed E-state index contributed by atoms with van der Waals surface area (Å²) in [7, 11) is 0. The van der Waals surface area contributed by atoms with Gasteiger partial charge in [0.05, 0.1) is 6.04 Å². The normalized spacial score (nSPS) is 32.4. The minimum absolute atomic E-state index is 0.130. The van der Waals surface area contributed by atoms with Crippen molar-refractivity contribution in [1.82, 2.24) is 15.1 Å². The second-order valence-corrected chi connectivity index (χ2v) is 7.92.